The van der Waals surface area contributed by atoms with Crippen molar-refractivity contribution in [1.82, 2.24) is 10.3 Å². The topological polar surface area (TPSA) is 60.5 Å². The fourth-order valence-corrected chi connectivity index (χ4v) is 2.61. The normalized spacial score (nSPS) is 10.2. The second kappa shape index (κ2) is 8.16. The van der Waals surface area contributed by atoms with Crippen molar-refractivity contribution in [3.63, 3.8) is 0 Å². The smallest absolute Gasteiger partial charge is 0.251 e. The summed E-state index contributed by atoms with van der Waals surface area (Å²) >= 11 is 0. The zero-order valence-corrected chi connectivity index (χ0v) is 14.7. The van der Waals surface area contributed by atoms with E-state index in [1.54, 1.807) is 44.7 Å². The van der Waals surface area contributed by atoms with E-state index in [1.165, 1.54) is 0 Å². The van der Waals surface area contributed by atoms with E-state index in [9.17, 15) is 4.79 Å². The first-order valence-electron chi connectivity index (χ1n) is 8.22. The third-order valence-corrected chi connectivity index (χ3v) is 4.05. The lowest BCUT2D eigenvalue weighted by Crippen LogP contribution is -2.23. The Bertz CT molecular complexity index is 875. The molecule has 1 aromatic heterocycles. The van der Waals surface area contributed by atoms with Crippen LogP contribution in [0.25, 0.3) is 11.3 Å². The molecule has 0 saturated carbocycles. The monoisotopic (exact) mass is 348 g/mol. The molecule has 3 rings (SSSR count). The summed E-state index contributed by atoms with van der Waals surface area (Å²) < 4.78 is 10.3. The first kappa shape index (κ1) is 17.5. The lowest BCUT2D eigenvalue weighted by Gasteiger charge is -2.11. The third-order valence-electron chi connectivity index (χ3n) is 4.05. The highest BCUT2D eigenvalue weighted by Crippen LogP contribution is 2.23. The van der Waals surface area contributed by atoms with E-state index in [0.29, 0.717) is 12.1 Å². The molecule has 1 N–H and O–H groups in total. The fourth-order valence-electron chi connectivity index (χ4n) is 2.61. The number of pyridine rings is 1. The van der Waals surface area contributed by atoms with Crippen LogP contribution in [0.4, 0.5) is 0 Å². The predicted molar refractivity (Wildman–Crippen MR) is 100 cm³/mol. The molecule has 0 saturated heterocycles. The van der Waals surface area contributed by atoms with Crippen LogP contribution in [0.15, 0.2) is 66.9 Å². The van der Waals surface area contributed by atoms with Gasteiger partial charge >= 0.3 is 0 Å². The quantitative estimate of drug-likeness (QED) is 0.738. The van der Waals surface area contributed by atoms with Crippen LogP contribution in [0, 0.1) is 0 Å². The minimum Gasteiger partial charge on any atom is -0.497 e. The van der Waals surface area contributed by atoms with Crippen molar-refractivity contribution in [2.75, 3.05) is 14.2 Å². The standard InChI is InChI=1S/C21H20N2O3/c1-25-18-9-5-15(6-10-18)20-17(4-3-13-22-20)14-23-21(24)16-7-11-19(26-2)12-8-16/h3-13H,14H2,1-2H3,(H,23,24). The highest BCUT2D eigenvalue weighted by molar-refractivity contribution is 5.94. The molecule has 0 fully saturated rings. The van der Waals surface area contributed by atoms with Gasteiger partial charge in [0.15, 0.2) is 0 Å². The lowest BCUT2D eigenvalue weighted by molar-refractivity contribution is 0.0951. The summed E-state index contributed by atoms with van der Waals surface area (Å²) in [4.78, 5) is 16.8. The van der Waals surface area contributed by atoms with Gasteiger partial charge in [0.1, 0.15) is 11.5 Å². The molecule has 26 heavy (non-hydrogen) atoms. The van der Waals surface area contributed by atoms with Crippen molar-refractivity contribution < 1.29 is 14.3 Å². The Kier molecular flexibility index (Phi) is 5.49. The van der Waals surface area contributed by atoms with Crippen LogP contribution in [0.2, 0.25) is 0 Å². The number of aromatic nitrogens is 1. The van der Waals surface area contributed by atoms with Gasteiger partial charge in [0.25, 0.3) is 5.91 Å². The van der Waals surface area contributed by atoms with Crippen molar-refractivity contribution in [2.24, 2.45) is 0 Å². The lowest BCUT2D eigenvalue weighted by atomic mass is 10.1. The van der Waals surface area contributed by atoms with Gasteiger partial charge in [0.2, 0.25) is 0 Å². The Hall–Kier alpha value is -3.34. The van der Waals surface area contributed by atoms with Gasteiger partial charge in [-0.15, -0.1) is 0 Å². The van der Waals surface area contributed by atoms with E-state index < -0.39 is 0 Å². The number of rotatable bonds is 6. The maximum absolute atomic E-state index is 12.4. The van der Waals surface area contributed by atoms with Crippen LogP contribution in [0.3, 0.4) is 0 Å². The van der Waals surface area contributed by atoms with Gasteiger partial charge in [0, 0.05) is 23.9 Å². The molecule has 0 aliphatic rings. The van der Waals surface area contributed by atoms with E-state index in [-0.39, 0.29) is 5.91 Å². The number of nitrogens with one attached hydrogen (secondary N) is 1. The predicted octanol–water partition coefficient (Wildman–Crippen LogP) is 3.70. The third kappa shape index (κ3) is 4.00. The average molecular weight is 348 g/mol. The Morgan fingerprint density at radius 1 is 0.923 bits per heavy atom. The summed E-state index contributed by atoms with van der Waals surface area (Å²) in [5, 5.41) is 2.94. The molecule has 0 spiro atoms. The van der Waals surface area contributed by atoms with Crippen molar-refractivity contribution >= 4 is 5.91 Å². The minimum absolute atomic E-state index is 0.141. The number of methoxy groups -OCH3 is 2. The molecule has 2 aromatic carbocycles. The van der Waals surface area contributed by atoms with E-state index >= 15 is 0 Å². The molecule has 5 heteroatoms. The zero-order valence-electron chi connectivity index (χ0n) is 14.7. The molecule has 0 bridgehead atoms. The SMILES string of the molecule is COc1ccc(C(=O)NCc2cccnc2-c2ccc(OC)cc2)cc1. The summed E-state index contributed by atoms with van der Waals surface area (Å²) in [6.45, 7) is 0.389. The van der Waals surface area contributed by atoms with Crippen LogP contribution in [0.1, 0.15) is 15.9 Å². The molecule has 3 aromatic rings. The van der Waals surface area contributed by atoms with Crippen molar-refractivity contribution in [1.29, 1.82) is 0 Å². The molecule has 0 aliphatic heterocycles. The molecule has 0 atom stereocenters. The van der Waals surface area contributed by atoms with E-state index in [4.69, 9.17) is 9.47 Å². The summed E-state index contributed by atoms with van der Waals surface area (Å²) in [5.41, 5.74) is 3.34. The Morgan fingerprint density at radius 3 is 2.15 bits per heavy atom. The summed E-state index contributed by atoms with van der Waals surface area (Å²) in [6.07, 6.45) is 1.74. The van der Waals surface area contributed by atoms with E-state index in [2.05, 4.69) is 10.3 Å². The molecular weight excluding hydrogens is 328 g/mol. The molecule has 0 unspecified atom stereocenters. The van der Waals surface area contributed by atoms with Gasteiger partial charge < -0.3 is 14.8 Å². The number of ether oxygens (including phenoxy) is 2. The molecule has 1 heterocycles. The Morgan fingerprint density at radius 2 is 1.54 bits per heavy atom. The number of hydrogen-bond donors (Lipinski definition) is 1. The van der Waals surface area contributed by atoms with Crippen molar-refractivity contribution in [2.45, 2.75) is 6.54 Å². The molecule has 5 nitrogen and oxygen atoms in total. The van der Waals surface area contributed by atoms with Gasteiger partial charge in [0.05, 0.1) is 19.9 Å². The van der Waals surface area contributed by atoms with Gasteiger partial charge in [-0.2, -0.15) is 0 Å². The van der Waals surface area contributed by atoms with Gasteiger partial charge in [-0.25, -0.2) is 0 Å². The highest BCUT2D eigenvalue weighted by atomic mass is 16.5. The number of hydrogen-bond acceptors (Lipinski definition) is 4. The number of carbonyl (C=O) groups excluding carboxylic acids is 1. The fraction of sp³-hybridized carbons (Fsp3) is 0.143. The van der Waals surface area contributed by atoms with Crippen LogP contribution in [-0.4, -0.2) is 25.1 Å². The van der Waals surface area contributed by atoms with E-state index in [0.717, 1.165) is 28.3 Å². The Labute approximate surface area is 152 Å². The maximum atomic E-state index is 12.4. The van der Waals surface area contributed by atoms with E-state index in [1.807, 2.05) is 36.4 Å². The second-order valence-electron chi connectivity index (χ2n) is 5.65. The van der Waals surface area contributed by atoms with Crippen molar-refractivity contribution in [3.05, 3.63) is 78.0 Å². The highest BCUT2D eigenvalue weighted by Gasteiger charge is 2.10. The zero-order chi connectivity index (χ0) is 18.4. The van der Waals surface area contributed by atoms with Gasteiger partial charge in [-0.05, 0) is 60.2 Å². The van der Waals surface area contributed by atoms with Crippen molar-refractivity contribution in [3.8, 4) is 22.8 Å². The van der Waals surface area contributed by atoms with Crippen LogP contribution >= 0.6 is 0 Å². The first-order chi connectivity index (χ1) is 12.7. The minimum atomic E-state index is -0.141. The molecular formula is C21H20N2O3. The number of nitrogens with zero attached hydrogens (tertiary/aromatic N) is 1. The summed E-state index contributed by atoms with van der Waals surface area (Å²) in [7, 11) is 3.23. The second-order valence-corrected chi connectivity index (χ2v) is 5.65. The largest absolute Gasteiger partial charge is 0.497 e. The Balaban J connectivity index is 1.74. The van der Waals surface area contributed by atoms with Crippen LogP contribution < -0.4 is 14.8 Å². The van der Waals surface area contributed by atoms with Gasteiger partial charge in [-0.3, -0.25) is 9.78 Å². The number of amides is 1. The van der Waals surface area contributed by atoms with Crippen LogP contribution in [-0.2, 0) is 6.54 Å². The van der Waals surface area contributed by atoms with Crippen LogP contribution in [0.5, 0.6) is 11.5 Å². The average Bonchev–Trinajstić information content (AvgIpc) is 2.72. The molecule has 0 radical (unpaired) electrons. The number of benzene rings is 2. The molecule has 0 aliphatic carbocycles. The maximum Gasteiger partial charge on any atom is 0.251 e. The molecule has 1 amide bonds. The first-order valence-corrected chi connectivity index (χ1v) is 8.22. The number of carbonyl (C=O) groups is 1. The summed E-state index contributed by atoms with van der Waals surface area (Å²) in [5.74, 6) is 1.37. The van der Waals surface area contributed by atoms with Gasteiger partial charge in [-0.1, -0.05) is 6.07 Å². The summed E-state index contributed by atoms with van der Waals surface area (Å²) in [6, 6.07) is 18.5. The molecule has 132 valence electrons.